The summed E-state index contributed by atoms with van der Waals surface area (Å²) in [6.45, 7) is 2.89. The van der Waals surface area contributed by atoms with Crippen LogP contribution in [0.15, 0.2) is 24.3 Å². The molecule has 1 aromatic carbocycles. The summed E-state index contributed by atoms with van der Waals surface area (Å²) < 4.78 is 15.2. The average molecular weight is 367 g/mol. The standard InChI is InChI=1S/C15H15Cl3FNS/c1-2-5-20-13(11-8-14(17)21-15(11)18)7-9-6-10(16)3-4-12(9)19/h3-4,6,8,13,20H,2,5,7H2,1H3. The Bertz CT molecular complexity index is 615. The van der Waals surface area contributed by atoms with Gasteiger partial charge in [0, 0.05) is 16.6 Å². The van der Waals surface area contributed by atoms with Crippen molar-refractivity contribution < 1.29 is 4.39 Å². The Morgan fingerprint density at radius 3 is 2.62 bits per heavy atom. The van der Waals surface area contributed by atoms with Crippen molar-refractivity contribution in [3.63, 3.8) is 0 Å². The van der Waals surface area contributed by atoms with E-state index in [9.17, 15) is 4.39 Å². The second kappa shape index (κ2) is 7.80. The van der Waals surface area contributed by atoms with Crippen LogP contribution in [0.5, 0.6) is 0 Å². The molecule has 1 nitrogen and oxygen atoms in total. The molecule has 1 aromatic heterocycles. The average Bonchev–Trinajstić information content (AvgIpc) is 2.77. The van der Waals surface area contributed by atoms with Gasteiger partial charge >= 0.3 is 0 Å². The Labute approximate surface area is 143 Å². The monoisotopic (exact) mass is 365 g/mol. The molecule has 1 unspecified atom stereocenters. The number of hydrogen-bond acceptors (Lipinski definition) is 2. The van der Waals surface area contributed by atoms with Gasteiger partial charge in [-0.2, -0.15) is 0 Å². The van der Waals surface area contributed by atoms with Gasteiger partial charge in [-0.3, -0.25) is 0 Å². The molecule has 0 saturated carbocycles. The van der Waals surface area contributed by atoms with Crippen LogP contribution in [0.3, 0.4) is 0 Å². The van der Waals surface area contributed by atoms with Crippen LogP contribution in [0, 0.1) is 5.82 Å². The van der Waals surface area contributed by atoms with E-state index in [-0.39, 0.29) is 11.9 Å². The molecule has 0 saturated heterocycles. The third-order valence-electron chi connectivity index (χ3n) is 3.13. The summed E-state index contributed by atoms with van der Waals surface area (Å²) >= 11 is 19.5. The van der Waals surface area contributed by atoms with Gasteiger partial charge in [0.1, 0.15) is 5.82 Å². The van der Waals surface area contributed by atoms with Crippen LogP contribution in [0.1, 0.15) is 30.5 Å². The zero-order valence-electron chi connectivity index (χ0n) is 11.4. The van der Waals surface area contributed by atoms with Gasteiger partial charge in [0.15, 0.2) is 0 Å². The van der Waals surface area contributed by atoms with Crippen LogP contribution in [0.25, 0.3) is 0 Å². The predicted octanol–water partition coefficient (Wildman–Crippen LogP) is 6.13. The molecule has 6 heteroatoms. The predicted molar refractivity (Wildman–Crippen MR) is 90.5 cm³/mol. The van der Waals surface area contributed by atoms with Gasteiger partial charge in [-0.1, -0.05) is 41.7 Å². The maximum absolute atomic E-state index is 13.9. The highest BCUT2D eigenvalue weighted by atomic mass is 35.5. The highest BCUT2D eigenvalue weighted by Crippen LogP contribution is 2.36. The van der Waals surface area contributed by atoms with E-state index >= 15 is 0 Å². The third kappa shape index (κ3) is 4.57. The number of rotatable bonds is 6. The lowest BCUT2D eigenvalue weighted by atomic mass is 10.0. The first-order chi connectivity index (χ1) is 10.0. The highest BCUT2D eigenvalue weighted by molar-refractivity contribution is 7.20. The molecular formula is C15H15Cl3FNS. The number of halogens is 4. The second-order valence-electron chi connectivity index (χ2n) is 4.73. The van der Waals surface area contributed by atoms with Gasteiger partial charge in [-0.05, 0) is 49.2 Å². The molecule has 21 heavy (non-hydrogen) atoms. The summed E-state index contributed by atoms with van der Waals surface area (Å²) in [5, 5.41) is 3.91. The molecule has 0 spiro atoms. The van der Waals surface area contributed by atoms with Crippen LogP contribution >= 0.6 is 46.1 Å². The molecule has 1 heterocycles. The van der Waals surface area contributed by atoms with E-state index in [2.05, 4.69) is 12.2 Å². The van der Waals surface area contributed by atoms with Crippen molar-refractivity contribution in [3.8, 4) is 0 Å². The fourth-order valence-corrected chi connectivity index (χ4v) is 3.89. The molecule has 0 aliphatic carbocycles. The van der Waals surface area contributed by atoms with Gasteiger partial charge in [0.2, 0.25) is 0 Å². The SMILES string of the molecule is CCCNC(Cc1cc(Cl)ccc1F)c1cc(Cl)sc1Cl. The topological polar surface area (TPSA) is 12.0 Å². The zero-order valence-corrected chi connectivity index (χ0v) is 14.5. The molecule has 0 aliphatic heterocycles. The van der Waals surface area contributed by atoms with Crippen molar-refractivity contribution in [2.75, 3.05) is 6.54 Å². The molecule has 0 bridgehead atoms. The van der Waals surface area contributed by atoms with Gasteiger partial charge in [0.25, 0.3) is 0 Å². The Morgan fingerprint density at radius 2 is 2.00 bits per heavy atom. The molecule has 1 N–H and O–H groups in total. The minimum Gasteiger partial charge on any atom is -0.310 e. The number of hydrogen-bond donors (Lipinski definition) is 1. The molecular weight excluding hydrogens is 352 g/mol. The first-order valence-corrected chi connectivity index (χ1v) is 8.58. The smallest absolute Gasteiger partial charge is 0.126 e. The van der Waals surface area contributed by atoms with E-state index in [1.807, 2.05) is 6.07 Å². The first-order valence-electron chi connectivity index (χ1n) is 6.63. The van der Waals surface area contributed by atoms with Crippen LogP contribution in [-0.4, -0.2) is 6.54 Å². The van der Waals surface area contributed by atoms with Crippen molar-refractivity contribution in [2.45, 2.75) is 25.8 Å². The molecule has 114 valence electrons. The van der Waals surface area contributed by atoms with E-state index in [0.29, 0.717) is 25.7 Å². The van der Waals surface area contributed by atoms with Crippen molar-refractivity contribution in [2.24, 2.45) is 0 Å². The Kier molecular flexibility index (Phi) is 6.33. The minimum absolute atomic E-state index is 0.0887. The number of nitrogens with one attached hydrogen (secondary N) is 1. The van der Waals surface area contributed by atoms with E-state index in [0.717, 1.165) is 18.5 Å². The fourth-order valence-electron chi connectivity index (χ4n) is 2.12. The summed E-state index contributed by atoms with van der Waals surface area (Å²) in [5.74, 6) is -0.264. The summed E-state index contributed by atoms with van der Waals surface area (Å²) in [5.41, 5.74) is 1.47. The molecule has 2 aromatic rings. The van der Waals surface area contributed by atoms with E-state index in [4.69, 9.17) is 34.8 Å². The van der Waals surface area contributed by atoms with Crippen LogP contribution in [-0.2, 0) is 6.42 Å². The summed E-state index contributed by atoms with van der Waals surface area (Å²) in [6.07, 6.45) is 1.45. The Hall–Kier alpha value is -0.320. The van der Waals surface area contributed by atoms with Crippen LogP contribution < -0.4 is 5.32 Å². The van der Waals surface area contributed by atoms with E-state index in [1.165, 1.54) is 17.4 Å². The fraction of sp³-hybridized carbons (Fsp3) is 0.333. The van der Waals surface area contributed by atoms with Gasteiger partial charge in [-0.25, -0.2) is 4.39 Å². The van der Waals surface area contributed by atoms with Crippen LogP contribution in [0.2, 0.25) is 13.7 Å². The van der Waals surface area contributed by atoms with E-state index < -0.39 is 0 Å². The maximum Gasteiger partial charge on any atom is 0.126 e. The maximum atomic E-state index is 13.9. The van der Waals surface area contributed by atoms with Crippen molar-refractivity contribution in [1.29, 1.82) is 0 Å². The number of benzene rings is 1. The lowest BCUT2D eigenvalue weighted by Gasteiger charge is -2.19. The van der Waals surface area contributed by atoms with E-state index in [1.54, 1.807) is 12.1 Å². The highest BCUT2D eigenvalue weighted by Gasteiger charge is 2.19. The Morgan fingerprint density at radius 1 is 1.24 bits per heavy atom. The van der Waals surface area contributed by atoms with Crippen molar-refractivity contribution in [1.82, 2.24) is 5.32 Å². The van der Waals surface area contributed by atoms with Crippen molar-refractivity contribution in [3.05, 3.63) is 54.9 Å². The molecule has 1 atom stereocenters. The molecule has 2 rings (SSSR count). The van der Waals surface area contributed by atoms with Gasteiger partial charge in [-0.15, -0.1) is 11.3 Å². The van der Waals surface area contributed by atoms with Gasteiger partial charge < -0.3 is 5.32 Å². The summed E-state index contributed by atoms with van der Waals surface area (Å²) in [7, 11) is 0. The quantitative estimate of drug-likeness (QED) is 0.648. The summed E-state index contributed by atoms with van der Waals surface area (Å²) in [6, 6.07) is 6.33. The summed E-state index contributed by atoms with van der Waals surface area (Å²) in [4.78, 5) is 0. The lowest BCUT2D eigenvalue weighted by molar-refractivity contribution is 0.514. The largest absolute Gasteiger partial charge is 0.310 e. The molecule has 0 radical (unpaired) electrons. The van der Waals surface area contributed by atoms with Gasteiger partial charge in [0.05, 0.1) is 8.67 Å². The molecule has 0 amide bonds. The Balaban J connectivity index is 2.28. The number of thiophene rings is 1. The van der Waals surface area contributed by atoms with Crippen molar-refractivity contribution >= 4 is 46.1 Å². The minimum atomic E-state index is -0.264. The first kappa shape index (κ1) is 17.0. The molecule has 0 fully saturated rings. The lowest BCUT2D eigenvalue weighted by Crippen LogP contribution is -2.24. The zero-order chi connectivity index (χ0) is 15.4. The normalized spacial score (nSPS) is 12.6. The van der Waals surface area contributed by atoms with Crippen LogP contribution in [0.4, 0.5) is 4.39 Å². The third-order valence-corrected chi connectivity index (χ3v) is 4.88. The molecule has 0 aliphatic rings. The second-order valence-corrected chi connectivity index (χ2v) is 7.45.